The summed E-state index contributed by atoms with van der Waals surface area (Å²) in [5, 5.41) is 11.8. The van der Waals surface area contributed by atoms with E-state index >= 15 is 0 Å². The Labute approximate surface area is 134 Å². The van der Waals surface area contributed by atoms with E-state index in [9.17, 15) is 23.1 Å². The van der Waals surface area contributed by atoms with Crippen molar-refractivity contribution in [2.24, 2.45) is 0 Å². The fraction of sp³-hybridized carbons (Fsp3) is 0.429. The molecule has 0 radical (unpaired) electrons. The molecular weight excluding hydrogens is 330 g/mol. The lowest BCUT2D eigenvalue weighted by Gasteiger charge is -2.25. The molecule has 0 aromatic heterocycles. The van der Waals surface area contributed by atoms with Crippen LogP contribution in [0.2, 0.25) is 5.02 Å². The predicted molar refractivity (Wildman–Crippen MR) is 82.6 cm³/mol. The molecule has 0 heterocycles. The highest BCUT2D eigenvalue weighted by Gasteiger charge is 2.35. The van der Waals surface area contributed by atoms with E-state index in [1.165, 1.54) is 31.2 Å². The summed E-state index contributed by atoms with van der Waals surface area (Å²) in [6.45, 7) is 3.13. The second-order valence-corrected chi connectivity index (χ2v) is 7.57. The van der Waals surface area contributed by atoms with Crippen LogP contribution in [0, 0.1) is 0 Å². The number of carboxylic acid groups (broad SMARTS) is 1. The van der Waals surface area contributed by atoms with Gasteiger partial charge in [0.05, 0.1) is 4.90 Å². The number of carbonyl (C=O) groups excluding carboxylic acids is 1. The van der Waals surface area contributed by atoms with Crippen molar-refractivity contribution in [1.29, 1.82) is 0 Å². The number of carboxylic acids is 1. The number of hydrogen-bond donors (Lipinski definition) is 2. The number of amides is 1. The number of sulfone groups is 1. The smallest absolute Gasteiger partial charge is 0.329 e. The van der Waals surface area contributed by atoms with Gasteiger partial charge in [-0.1, -0.05) is 24.9 Å². The SMILES string of the molecule is CCCC(C)(NC(=O)CS(=O)(=O)c1ccc(Cl)cc1)C(=O)O. The molecule has 0 spiro atoms. The summed E-state index contributed by atoms with van der Waals surface area (Å²) in [6.07, 6.45) is 0.738. The first-order valence-electron chi connectivity index (χ1n) is 6.63. The summed E-state index contributed by atoms with van der Waals surface area (Å²) in [4.78, 5) is 23.1. The second-order valence-electron chi connectivity index (χ2n) is 5.15. The average molecular weight is 348 g/mol. The molecule has 1 aromatic rings. The highest BCUT2D eigenvalue weighted by atomic mass is 35.5. The molecule has 0 aliphatic carbocycles. The van der Waals surface area contributed by atoms with Gasteiger partial charge in [-0.25, -0.2) is 13.2 Å². The maximum Gasteiger partial charge on any atom is 0.329 e. The van der Waals surface area contributed by atoms with Crippen LogP contribution in [0.4, 0.5) is 0 Å². The van der Waals surface area contributed by atoms with Crippen LogP contribution in [-0.2, 0) is 19.4 Å². The van der Waals surface area contributed by atoms with Gasteiger partial charge in [-0.3, -0.25) is 4.79 Å². The van der Waals surface area contributed by atoms with Gasteiger partial charge in [0, 0.05) is 5.02 Å². The van der Waals surface area contributed by atoms with Crippen LogP contribution < -0.4 is 5.32 Å². The van der Waals surface area contributed by atoms with E-state index in [0.29, 0.717) is 11.4 Å². The zero-order chi connectivity index (χ0) is 17.0. The zero-order valence-electron chi connectivity index (χ0n) is 12.3. The Hall–Kier alpha value is -1.60. The van der Waals surface area contributed by atoms with E-state index in [2.05, 4.69) is 5.32 Å². The number of rotatable bonds is 7. The van der Waals surface area contributed by atoms with Crippen LogP contribution in [0.5, 0.6) is 0 Å². The molecule has 0 saturated carbocycles. The number of halogens is 1. The van der Waals surface area contributed by atoms with Gasteiger partial charge in [-0.2, -0.15) is 0 Å². The van der Waals surface area contributed by atoms with Crippen molar-refractivity contribution in [2.45, 2.75) is 37.1 Å². The van der Waals surface area contributed by atoms with E-state index in [0.717, 1.165) is 0 Å². The van der Waals surface area contributed by atoms with Gasteiger partial charge < -0.3 is 10.4 Å². The van der Waals surface area contributed by atoms with E-state index < -0.39 is 33.0 Å². The first-order valence-corrected chi connectivity index (χ1v) is 8.66. The summed E-state index contributed by atoms with van der Waals surface area (Å²) >= 11 is 5.68. The Morgan fingerprint density at radius 3 is 2.27 bits per heavy atom. The van der Waals surface area contributed by atoms with Crippen molar-refractivity contribution in [3.63, 3.8) is 0 Å². The van der Waals surface area contributed by atoms with E-state index in [4.69, 9.17) is 11.6 Å². The normalized spacial score (nSPS) is 14.1. The first kappa shape index (κ1) is 18.4. The van der Waals surface area contributed by atoms with Crippen molar-refractivity contribution in [3.8, 4) is 0 Å². The standard InChI is InChI=1S/C14H18ClNO5S/c1-3-8-14(2,13(18)19)16-12(17)9-22(20,21)11-6-4-10(15)5-7-11/h4-7H,3,8-9H2,1-2H3,(H,16,17)(H,18,19). The Balaban J connectivity index is 2.87. The van der Waals surface area contributed by atoms with Gasteiger partial charge in [0.25, 0.3) is 0 Å². The molecule has 0 aliphatic heterocycles. The molecule has 0 saturated heterocycles. The van der Waals surface area contributed by atoms with Gasteiger partial charge in [-0.15, -0.1) is 0 Å². The maximum absolute atomic E-state index is 12.1. The molecule has 8 heteroatoms. The molecule has 22 heavy (non-hydrogen) atoms. The molecular formula is C14H18ClNO5S. The number of benzene rings is 1. The van der Waals surface area contributed by atoms with Gasteiger partial charge in [0.1, 0.15) is 11.3 Å². The van der Waals surface area contributed by atoms with Crippen LogP contribution in [0.25, 0.3) is 0 Å². The number of nitrogens with one attached hydrogen (secondary N) is 1. The highest BCUT2D eigenvalue weighted by Crippen LogP contribution is 2.17. The predicted octanol–water partition coefficient (Wildman–Crippen LogP) is 1.87. The maximum atomic E-state index is 12.1. The molecule has 1 atom stereocenters. The highest BCUT2D eigenvalue weighted by molar-refractivity contribution is 7.92. The lowest BCUT2D eigenvalue weighted by molar-refractivity contribution is -0.146. The second kappa shape index (κ2) is 7.11. The van der Waals surface area contributed by atoms with Crippen LogP contribution in [0.15, 0.2) is 29.2 Å². The fourth-order valence-corrected chi connectivity index (χ4v) is 3.23. The largest absolute Gasteiger partial charge is 0.480 e. The summed E-state index contributed by atoms with van der Waals surface area (Å²) in [5.41, 5.74) is -1.48. The van der Waals surface area contributed by atoms with Crippen molar-refractivity contribution in [2.75, 3.05) is 5.75 Å². The third kappa shape index (κ3) is 4.71. The minimum atomic E-state index is -3.85. The molecule has 1 unspecified atom stereocenters. The van der Waals surface area contributed by atoms with Crippen LogP contribution in [0.1, 0.15) is 26.7 Å². The average Bonchev–Trinajstić information content (AvgIpc) is 2.38. The van der Waals surface area contributed by atoms with Crippen molar-refractivity contribution >= 4 is 33.3 Å². The van der Waals surface area contributed by atoms with Gasteiger partial charge in [0.2, 0.25) is 5.91 Å². The lowest BCUT2D eigenvalue weighted by atomic mass is 9.96. The third-order valence-corrected chi connectivity index (χ3v) is 5.02. The molecule has 0 aliphatic rings. The third-order valence-electron chi connectivity index (χ3n) is 3.13. The lowest BCUT2D eigenvalue weighted by Crippen LogP contribution is -2.53. The van der Waals surface area contributed by atoms with E-state index in [1.807, 2.05) is 0 Å². The number of hydrogen-bond acceptors (Lipinski definition) is 4. The Morgan fingerprint density at radius 2 is 1.82 bits per heavy atom. The summed E-state index contributed by atoms with van der Waals surface area (Å²) in [6, 6.07) is 5.41. The molecule has 2 N–H and O–H groups in total. The van der Waals surface area contributed by atoms with Crippen LogP contribution in [0.3, 0.4) is 0 Å². The van der Waals surface area contributed by atoms with E-state index in [-0.39, 0.29) is 11.3 Å². The summed E-state index contributed by atoms with van der Waals surface area (Å²) in [7, 11) is -3.85. The first-order chi connectivity index (χ1) is 10.1. The fourth-order valence-electron chi connectivity index (χ4n) is 1.96. The minimum Gasteiger partial charge on any atom is -0.480 e. The summed E-state index contributed by atoms with van der Waals surface area (Å²) < 4.78 is 24.2. The molecule has 1 rings (SSSR count). The zero-order valence-corrected chi connectivity index (χ0v) is 13.9. The quantitative estimate of drug-likeness (QED) is 0.784. The number of aliphatic carboxylic acids is 1. The molecule has 122 valence electrons. The van der Waals surface area contributed by atoms with E-state index in [1.54, 1.807) is 6.92 Å². The van der Waals surface area contributed by atoms with Crippen molar-refractivity contribution in [3.05, 3.63) is 29.3 Å². The van der Waals surface area contributed by atoms with Crippen molar-refractivity contribution in [1.82, 2.24) is 5.32 Å². The molecule has 6 nitrogen and oxygen atoms in total. The molecule has 0 fully saturated rings. The minimum absolute atomic E-state index is 0.0421. The Kier molecular flexibility index (Phi) is 5.96. The Bertz CT molecular complexity index is 656. The van der Waals surface area contributed by atoms with Crippen molar-refractivity contribution < 1.29 is 23.1 Å². The Morgan fingerprint density at radius 1 is 1.27 bits per heavy atom. The molecule has 1 amide bonds. The van der Waals surface area contributed by atoms with Gasteiger partial charge in [-0.05, 0) is 37.6 Å². The topological polar surface area (TPSA) is 101 Å². The summed E-state index contributed by atoms with van der Waals surface area (Å²) in [5.74, 6) is -2.87. The monoisotopic (exact) mass is 347 g/mol. The van der Waals surface area contributed by atoms with Crippen LogP contribution >= 0.6 is 11.6 Å². The van der Waals surface area contributed by atoms with Crippen LogP contribution in [-0.4, -0.2) is 36.7 Å². The molecule has 0 bridgehead atoms. The molecule has 1 aromatic carbocycles. The number of carbonyl (C=O) groups is 2. The van der Waals surface area contributed by atoms with Gasteiger partial charge >= 0.3 is 5.97 Å². The van der Waals surface area contributed by atoms with Gasteiger partial charge in [0.15, 0.2) is 9.84 Å².